The maximum absolute atomic E-state index is 13.2. The summed E-state index contributed by atoms with van der Waals surface area (Å²) in [5.74, 6) is -6.28. The zero-order valence-corrected chi connectivity index (χ0v) is 21.9. The van der Waals surface area contributed by atoms with E-state index in [4.69, 9.17) is 42.6 Å². The number of carbonyl (C=O) groups excluding carboxylic acids is 1. The minimum absolute atomic E-state index is 0.331. The third kappa shape index (κ3) is 4.07. The summed E-state index contributed by atoms with van der Waals surface area (Å²) in [6, 6.07) is 8.51. The highest BCUT2D eigenvalue weighted by Gasteiger charge is 2.69. The molecule has 10 atom stereocenters. The fourth-order valence-electron chi connectivity index (χ4n) is 4.98. The van der Waals surface area contributed by atoms with Crippen molar-refractivity contribution in [3.05, 3.63) is 35.9 Å². The number of carbonyl (C=O) groups is 1. The number of benzene rings is 1. The summed E-state index contributed by atoms with van der Waals surface area (Å²) in [5.41, 5.74) is 0.331. The molecule has 1 N–H and O–H groups in total. The Morgan fingerprint density at radius 1 is 0.694 bits per heavy atom. The number of fused-ring (bicyclic) bond motifs is 2. The van der Waals surface area contributed by atoms with E-state index in [1.807, 2.05) is 0 Å². The number of hydrogen-bond acceptors (Lipinski definition) is 11. The molecule has 3 aliphatic rings. The molecule has 4 rings (SSSR count). The molecule has 1 aromatic rings. The van der Waals surface area contributed by atoms with Gasteiger partial charge in [0.05, 0.1) is 5.56 Å². The van der Waals surface area contributed by atoms with Gasteiger partial charge >= 0.3 is 5.97 Å². The number of methoxy groups -OCH3 is 4. The van der Waals surface area contributed by atoms with Crippen molar-refractivity contribution >= 4 is 5.97 Å². The van der Waals surface area contributed by atoms with Crippen LogP contribution in [-0.4, -0.2) is 99.3 Å². The van der Waals surface area contributed by atoms with E-state index in [0.29, 0.717) is 5.56 Å². The number of aliphatic hydroxyl groups is 1. The van der Waals surface area contributed by atoms with Crippen LogP contribution in [0.3, 0.4) is 0 Å². The molecule has 1 aromatic carbocycles. The van der Waals surface area contributed by atoms with Crippen LogP contribution in [0.15, 0.2) is 30.3 Å². The highest BCUT2D eigenvalue weighted by molar-refractivity contribution is 5.89. The predicted molar refractivity (Wildman–Crippen MR) is 123 cm³/mol. The van der Waals surface area contributed by atoms with Gasteiger partial charge in [0.15, 0.2) is 6.10 Å². The number of esters is 1. The van der Waals surface area contributed by atoms with Crippen molar-refractivity contribution in [1.82, 2.24) is 0 Å². The molecule has 1 saturated carbocycles. The van der Waals surface area contributed by atoms with Crippen molar-refractivity contribution in [2.45, 2.75) is 87.5 Å². The summed E-state index contributed by atoms with van der Waals surface area (Å²) in [6.45, 7) is 6.55. The molecular formula is C25H36O11. The number of ether oxygens (including phenoxy) is 9. The quantitative estimate of drug-likeness (QED) is 0.560. The molecular weight excluding hydrogens is 476 g/mol. The molecule has 0 radical (unpaired) electrons. The second-order valence-electron chi connectivity index (χ2n) is 9.66. The van der Waals surface area contributed by atoms with Crippen LogP contribution in [0.1, 0.15) is 38.1 Å². The topological polar surface area (TPSA) is 120 Å². The van der Waals surface area contributed by atoms with Crippen LogP contribution in [0.2, 0.25) is 0 Å². The Hall–Kier alpha value is -1.67. The van der Waals surface area contributed by atoms with E-state index in [1.54, 1.807) is 58.0 Å². The molecule has 2 saturated heterocycles. The van der Waals surface area contributed by atoms with Crippen LogP contribution < -0.4 is 0 Å². The monoisotopic (exact) mass is 512 g/mol. The van der Waals surface area contributed by atoms with Crippen molar-refractivity contribution in [3.8, 4) is 0 Å². The summed E-state index contributed by atoms with van der Waals surface area (Å²) < 4.78 is 53.8. The number of rotatable bonds is 6. The van der Waals surface area contributed by atoms with Gasteiger partial charge in [-0.3, -0.25) is 0 Å². The van der Waals surface area contributed by atoms with Crippen molar-refractivity contribution < 1.29 is 52.5 Å². The van der Waals surface area contributed by atoms with E-state index in [2.05, 4.69) is 0 Å². The van der Waals surface area contributed by atoms with Crippen LogP contribution in [0.25, 0.3) is 0 Å². The van der Waals surface area contributed by atoms with Crippen LogP contribution >= 0.6 is 0 Å². The lowest BCUT2D eigenvalue weighted by Gasteiger charge is -2.61. The summed E-state index contributed by atoms with van der Waals surface area (Å²) in [6.07, 6.45) is -6.48. The van der Waals surface area contributed by atoms with Gasteiger partial charge in [-0.2, -0.15) is 0 Å². The number of aliphatic hydroxyl groups excluding tert-OH is 1. The van der Waals surface area contributed by atoms with Gasteiger partial charge in [-0.05, 0) is 39.8 Å². The van der Waals surface area contributed by atoms with E-state index < -0.39 is 65.7 Å². The standard InChI is InChI=1S/C25H36O11/c1-22(28-5)24(3,30-7)35-19-16(33-22)15(26)17-20(36-25(4,31-8)23(2,29-6)34-17)18(19)32-21(27)14-12-10-9-11-13-14/h9-13,15-20,26H,1-8H3/t15?,16-,17?,18?,19?,20-,22?,23?,24?,25?/m0/s1. The van der Waals surface area contributed by atoms with Crippen LogP contribution in [0.4, 0.5) is 0 Å². The summed E-state index contributed by atoms with van der Waals surface area (Å²) in [4.78, 5) is 13.2. The molecule has 0 amide bonds. The second-order valence-corrected chi connectivity index (χ2v) is 9.66. The fraction of sp³-hybridized carbons (Fsp3) is 0.720. The van der Waals surface area contributed by atoms with Gasteiger partial charge in [0.25, 0.3) is 0 Å². The first-order valence-electron chi connectivity index (χ1n) is 11.8. The van der Waals surface area contributed by atoms with Gasteiger partial charge in [-0.15, -0.1) is 0 Å². The third-order valence-electron chi connectivity index (χ3n) is 7.87. The maximum Gasteiger partial charge on any atom is 0.338 e. The predicted octanol–water partition coefficient (Wildman–Crippen LogP) is 1.60. The Morgan fingerprint density at radius 2 is 1.06 bits per heavy atom. The lowest BCUT2D eigenvalue weighted by atomic mass is 9.81. The third-order valence-corrected chi connectivity index (χ3v) is 7.87. The van der Waals surface area contributed by atoms with Crippen molar-refractivity contribution in [2.24, 2.45) is 0 Å². The molecule has 8 unspecified atom stereocenters. The first-order valence-corrected chi connectivity index (χ1v) is 11.8. The molecule has 2 aliphatic heterocycles. The van der Waals surface area contributed by atoms with E-state index in [0.717, 1.165) is 0 Å². The Bertz CT molecular complexity index is 897. The van der Waals surface area contributed by atoms with Gasteiger partial charge in [0.1, 0.15) is 30.5 Å². The lowest BCUT2D eigenvalue weighted by molar-refractivity contribution is -0.503. The minimum Gasteiger partial charge on any atom is -0.453 e. The van der Waals surface area contributed by atoms with Gasteiger partial charge in [0, 0.05) is 28.4 Å². The van der Waals surface area contributed by atoms with Crippen molar-refractivity contribution in [2.75, 3.05) is 28.4 Å². The van der Waals surface area contributed by atoms with E-state index in [9.17, 15) is 9.90 Å². The molecule has 2 heterocycles. The summed E-state index contributed by atoms with van der Waals surface area (Å²) in [7, 11) is 5.77. The van der Waals surface area contributed by atoms with Crippen molar-refractivity contribution in [3.63, 3.8) is 0 Å². The van der Waals surface area contributed by atoms with Gasteiger partial charge in [-0.25, -0.2) is 4.79 Å². The number of hydrogen-bond donors (Lipinski definition) is 1. The van der Waals surface area contributed by atoms with Gasteiger partial charge in [0.2, 0.25) is 23.1 Å². The molecule has 1 aliphatic carbocycles. The Morgan fingerprint density at radius 3 is 1.42 bits per heavy atom. The van der Waals surface area contributed by atoms with E-state index in [1.165, 1.54) is 28.4 Å². The second kappa shape index (κ2) is 9.57. The van der Waals surface area contributed by atoms with E-state index >= 15 is 0 Å². The molecule has 0 aromatic heterocycles. The fourth-order valence-corrected chi connectivity index (χ4v) is 4.98. The summed E-state index contributed by atoms with van der Waals surface area (Å²) in [5, 5.41) is 11.5. The van der Waals surface area contributed by atoms with Gasteiger partial charge < -0.3 is 47.7 Å². The smallest absolute Gasteiger partial charge is 0.338 e. The first kappa shape index (κ1) is 27.4. The largest absolute Gasteiger partial charge is 0.453 e. The average molecular weight is 513 g/mol. The Labute approximate surface area is 210 Å². The molecule has 3 fully saturated rings. The maximum atomic E-state index is 13.2. The van der Waals surface area contributed by atoms with E-state index in [-0.39, 0.29) is 0 Å². The average Bonchev–Trinajstić information content (AvgIpc) is 2.89. The normalized spacial score (nSPS) is 46.5. The minimum atomic E-state index is -1.42. The Kier molecular flexibility index (Phi) is 7.28. The molecule has 202 valence electrons. The summed E-state index contributed by atoms with van der Waals surface area (Å²) >= 11 is 0. The Balaban J connectivity index is 1.78. The molecule has 0 bridgehead atoms. The molecule has 36 heavy (non-hydrogen) atoms. The zero-order valence-electron chi connectivity index (χ0n) is 21.9. The SMILES string of the molecule is COC1(C)OC2C(O)[C@@H]3OC(C)(OC)C(C)(OC)OC3C(OC(=O)c3ccccc3)[C@H]2OC1(C)OC. The zero-order chi connectivity index (χ0) is 26.5. The highest BCUT2D eigenvalue weighted by Crippen LogP contribution is 2.49. The molecule has 11 nitrogen and oxygen atoms in total. The highest BCUT2D eigenvalue weighted by atomic mass is 16.8. The molecule has 0 spiro atoms. The van der Waals surface area contributed by atoms with Crippen LogP contribution in [0, 0.1) is 0 Å². The van der Waals surface area contributed by atoms with Crippen LogP contribution in [-0.2, 0) is 42.6 Å². The first-order chi connectivity index (χ1) is 16.9. The molecule has 11 heteroatoms. The van der Waals surface area contributed by atoms with Crippen molar-refractivity contribution in [1.29, 1.82) is 0 Å². The van der Waals surface area contributed by atoms with Crippen LogP contribution in [0.5, 0.6) is 0 Å². The van der Waals surface area contributed by atoms with Gasteiger partial charge in [-0.1, -0.05) is 18.2 Å². The lowest BCUT2D eigenvalue weighted by Crippen LogP contribution is -2.79.